The van der Waals surface area contributed by atoms with Crippen molar-refractivity contribution < 1.29 is 69.0 Å². The highest BCUT2D eigenvalue weighted by Gasteiger charge is 2.13. The van der Waals surface area contributed by atoms with Crippen molar-refractivity contribution in [3.8, 4) is 0 Å². The summed E-state index contributed by atoms with van der Waals surface area (Å²) >= 11 is 0. The fourth-order valence-electron chi connectivity index (χ4n) is 1.56. The Balaban J connectivity index is -0.000000203. The lowest BCUT2D eigenvalue weighted by Gasteiger charge is -2.02. The number of carboxylic acids is 6. The Kier molecular flexibility index (Phi) is 28.2. The maximum absolute atomic E-state index is 10.2. The van der Waals surface area contributed by atoms with Gasteiger partial charge >= 0.3 is 35.8 Å². The summed E-state index contributed by atoms with van der Waals surface area (Å²) < 4.78 is 0. The molecule has 0 saturated carbocycles. The van der Waals surface area contributed by atoms with Crippen LogP contribution in [0.1, 0.15) is 51.4 Å². The van der Waals surface area contributed by atoms with Crippen LogP contribution in [0, 0.1) is 0 Å². The summed E-state index contributed by atoms with van der Waals surface area (Å²) in [6, 6.07) is -1.80. The van der Waals surface area contributed by atoms with E-state index in [0.717, 1.165) is 0 Å². The van der Waals surface area contributed by atoms with Gasteiger partial charge in [-0.25, -0.2) is 9.59 Å². The van der Waals surface area contributed by atoms with Gasteiger partial charge in [-0.15, -0.1) is 0 Å². The lowest BCUT2D eigenvalue weighted by Crippen LogP contribution is -2.30. The molecule has 0 fully saturated rings. The summed E-state index contributed by atoms with van der Waals surface area (Å²) in [7, 11) is 0. The van der Waals surface area contributed by atoms with E-state index in [9.17, 15) is 38.4 Å². The second-order valence-corrected chi connectivity index (χ2v) is 7.00. The molecule has 0 saturated heterocycles. The minimum atomic E-state index is -1.58. The minimum absolute atomic E-state index is 0.0231. The summed E-state index contributed by atoms with van der Waals surface area (Å²) in [5, 5.41) is 48.5. The number of hydrogen-bond acceptors (Lipinski definition) is 12. The van der Waals surface area contributed by atoms with E-state index in [1.165, 1.54) is 0 Å². The Morgan fingerprint density at radius 2 is 0.868 bits per heavy atom. The molecule has 0 aromatic heterocycles. The van der Waals surface area contributed by atoms with Gasteiger partial charge in [-0.3, -0.25) is 28.8 Å². The van der Waals surface area contributed by atoms with Crippen LogP contribution in [0.4, 0.5) is 0 Å². The molecule has 0 heterocycles. The predicted molar refractivity (Wildman–Crippen MR) is 127 cm³/mol. The average Bonchev–Trinajstić information content (AvgIpc) is 2.83. The van der Waals surface area contributed by atoms with Gasteiger partial charge in [0, 0.05) is 19.3 Å². The van der Waals surface area contributed by atoms with Crippen LogP contribution < -0.4 is 22.9 Å². The predicted octanol–water partition coefficient (Wildman–Crippen LogP) is -2.72. The molecule has 2 atom stereocenters. The molecule has 18 heteroatoms. The molecule has 220 valence electrons. The van der Waals surface area contributed by atoms with Gasteiger partial charge in [0.1, 0.15) is 12.1 Å². The molecule has 0 aromatic carbocycles. The number of carbonyl (C=O) groups excluding carboxylic acids is 2. The van der Waals surface area contributed by atoms with E-state index in [4.69, 9.17) is 53.6 Å². The first-order valence-corrected chi connectivity index (χ1v) is 10.8. The van der Waals surface area contributed by atoms with E-state index in [-0.39, 0.29) is 19.3 Å². The van der Waals surface area contributed by atoms with E-state index < -0.39 is 72.3 Å². The van der Waals surface area contributed by atoms with Crippen LogP contribution in [-0.4, -0.2) is 103 Å². The molecule has 0 aliphatic heterocycles. The smallest absolute Gasteiger partial charge is 0.372 e. The standard InChI is InChI=1S/C5H12N2O2.C5H9NO4.C5H9NO3.C5H6O5/c6-3-1-2-4(7)5(8)9;6-3(5(9)10)1-2-4(7)8;6-3-1-2-4(7)5(8)9;6-3(5(9)10)1-2-4(7)8/h4H,1-3,6-7H2,(H,8,9);3H,1-2,6H2,(H,7,8)(H,9,10);1-3,6H2,(H,8,9);1-2H2,(H,7,8)(H,9,10)/t4-;3-;;/m00../s1. The molecule has 0 radical (unpaired) electrons. The molecule has 0 rings (SSSR count). The molecule has 0 spiro atoms. The Hall–Kier alpha value is -4.00. The third-order valence-electron chi connectivity index (χ3n) is 3.67. The van der Waals surface area contributed by atoms with Crippen molar-refractivity contribution >= 4 is 47.4 Å². The van der Waals surface area contributed by atoms with E-state index in [2.05, 4.69) is 0 Å². The SMILES string of the molecule is NCCCC(=O)C(=O)O.NCCC[C@H](N)C(=O)O.N[C@@H](CCC(=O)O)C(=O)O.O=C(O)CCC(=O)C(=O)O. The van der Waals surface area contributed by atoms with Crippen LogP contribution in [-0.2, 0) is 38.4 Å². The molecule has 18 nitrogen and oxygen atoms in total. The molecule has 0 unspecified atom stereocenters. The first-order chi connectivity index (χ1) is 17.4. The van der Waals surface area contributed by atoms with Crippen molar-refractivity contribution in [3.63, 3.8) is 0 Å². The van der Waals surface area contributed by atoms with Gasteiger partial charge in [0.15, 0.2) is 0 Å². The molecule has 0 aliphatic rings. The van der Waals surface area contributed by atoms with Crippen molar-refractivity contribution in [2.45, 2.75) is 63.5 Å². The highest BCUT2D eigenvalue weighted by molar-refractivity contribution is 6.33. The van der Waals surface area contributed by atoms with Gasteiger partial charge in [0.05, 0.1) is 6.42 Å². The summed E-state index contributed by atoms with van der Waals surface area (Å²) in [6.07, 6.45) is 0.546. The molecular weight excluding hydrogens is 520 g/mol. The van der Waals surface area contributed by atoms with Crippen molar-refractivity contribution in [2.24, 2.45) is 22.9 Å². The largest absolute Gasteiger partial charge is 0.481 e. The number of nitrogens with two attached hydrogens (primary N) is 4. The highest BCUT2D eigenvalue weighted by Crippen LogP contribution is 1.94. The number of carbonyl (C=O) groups is 8. The van der Waals surface area contributed by atoms with Crippen LogP contribution in [0.3, 0.4) is 0 Å². The molecule has 0 bridgehead atoms. The number of hydrogen-bond donors (Lipinski definition) is 10. The minimum Gasteiger partial charge on any atom is -0.481 e. The zero-order valence-corrected chi connectivity index (χ0v) is 20.5. The zero-order valence-electron chi connectivity index (χ0n) is 20.5. The summed E-state index contributed by atoms with van der Waals surface area (Å²) in [4.78, 5) is 79.7. The highest BCUT2D eigenvalue weighted by atomic mass is 16.4. The van der Waals surface area contributed by atoms with Crippen molar-refractivity contribution in [2.75, 3.05) is 13.1 Å². The quantitative estimate of drug-likeness (QED) is 0.0862. The molecular formula is C20H36N4O14. The van der Waals surface area contributed by atoms with Crippen molar-refractivity contribution in [1.82, 2.24) is 0 Å². The van der Waals surface area contributed by atoms with Crippen LogP contribution in [0.5, 0.6) is 0 Å². The zero-order chi connectivity index (χ0) is 30.8. The maximum Gasteiger partial charge on any atom is 0.372 e. The van der Waals surface area contributed by atoms with Crippen LogP contribution in [0.15, 0.2) is 0 Å². The fraction of sp³-hybridized carbons (Fsp3) is 0.600. The van der Waals surface area contributed by atoms with Gasteiger partial charge in [-0.2, -0.15) is 0 Å². The van der Waals surface area contributed by atoms with E-state index in [1.54, 1.807) is 0 Å². The number of ketones is 2. The molecule has 0 aromatic rings. The van der Waals surface area contributed by atoms with E-state index >= 15 is 0 Å². The van der Waals surface area contributed by atoms with Crippen molar-refractivity contribution in [1.29, 1.82) is 0 Å². The Bertz CT molecular complexity index is 788. The van der Waals surface area contributed by atoms with E-state index in [0.29, 0.717) is 32.4 Å². The second-order valence-electron chi connectivity index (χ2n) is 7.00. The third-order valence-corrected chi connectivity index (χ3v) is 3.67. The van der Waals surface area contributed by atoms with Crippen LogP contribution in [0.25, 0.3) is 0 Å². The van der Waals surface area contributed by atoms with Gasteiger partial charge in [-0.05, 0) is 38.8 Å². The lowest BCUT2D eigenvalue weighted by molar-refractivity contribution is -0.150. The number of rotatable bonds is 16. The molecule has 0 amide bonds. The first-order valence-electron chi connectivity index (χ1n) is 10.8. The van der Waals surface area contributed by atoms with E-state index in [1.807, 2.05) is 0 Å². The first kappa shape index (κ1) is 41.1. The summed E-state index contributed by atoms with van der Waals surface area (Å²) in [5.74, 6) is -9.11. The maximum atomic E-state index is 10.2. The third kappa shape index (κ3) is 34.2. The normalized spacial score (nSPS) is 10.8. The summed E-state index contributed by atoms with van der Waals surface area (Å²) in [6.45, 7) is 0.861. The van der Waals surface area contributed by atoms with Gasteiger partial charge in [0.25, 0.3) is 0 Å². The topological polar surface area (TPSA) is 362 Å². The Morgan fingerprint density at radius 3 is 1.18 bits per heavy atom. The average molecular weight is 557 g/mol. The molecule has 14 N–H and O–H groups in total. The molecule has 0 aliphatic carbocycles. The lowest BCUT2D eigenvalue weighted by atomic mass is 10.2. The van der Waals surface area contributed by atoms with Gasteiger partial charge in [-0.1, -0.05) is 0 Å². The molecule has 38 heavy (non-hydrogen) atoms. The van der Waals surface area contributed by atoms with Crippen LogP contribution in [0.2, 0.25) is 0 Å². The number of carboxylic acid groups (broad SMARTS) is 6. The van der Waals surface area contributed by atoms with Crippen LogP contribution >= 0.6 is 0 Å². The summed E-state index contributed by atoms with van der Waals surface area (Å²) in [5.41, 5.74) is 20.3. The van der Waals surface area contributed by atoms with Crippen molar-refractivity contribution in [3.05, 3.63) is 0 Å². The van der Waals surface area contributed by atoms with Gasteiger partial charge in [0.2, 0.25) is 11.6 Å². The monoisotopic (exact) mass is 556 g/mol. The number of Topliss-reactive ketones (excluding diaryl/α,β-unsaturated/α-hetero) is 2. The second kappa shape index (κ2) is 26.1. The number of aliphatic carboxylic acids is 6. The van der Waals surface area contributed by atoms with Gasteiger partial charge < -0.3 is 53.6 Å². The fourth-order valence-corrected chi connectivity index (χ4v) is 1.56. The Morgan fingerprint density at radius 1 is 0.500 bits per heavy atom. The Labute approximate surface area is 216 Å².